The summed E-state index contributed by atoms with van der Waals surface area (Å²) in [6.07, 6.45) is 2.99. The molecular weight excluding hydrogens is 733 g/mol. The van der Waals surface area contributed by atoms with Gasteiger partial charge in [0.25, 0.3) is 0 Å². The quantitative estimate of drug-likeness (QED) is 0.0774. The van der Waals surface area contributed by atoms with Gasteiger partial charge in [0.15, 0.2) is 5.78 Å². The van der Waals surface area contributed by atoms with Crippen LogP contribution in [0, 0.1) is 37.7 Å². The molecule has 0 saturated heterocycles. The number of rotatable bonds is 7. The van der Waals surface area contributed by atoms with Crippen LogP contribution in [0.2, 0.25) is 0 Å². The van der Waals surface area contributed by atoms with Gasteiger partial charge in [-0.2, -0.15) is 0 Å². The Hall–Kier alpha value is -3.66. The summed E-state index contributed by atoms with van der Waals surface area (Å²) >= 11 is 0. The third kappa shape index (κ3) is 8.34. The van der Waals surface area contributed by atoms with E-state index in [0.717, 1.165) is 51.8 Å². The van der Waals surface area contributed by atoms with Gasteiger partial charge in [0.05, 0.1) is 5.52 Å². The number of hydrogen-bond donors (Lipinski definition) is 1. The smallest absolute Gasteiger partial charge is 0.164 e. The van der Waals surface area contributed by atoms with Crippen LogP contribution >= 0.6 is 0 Å². The van der Waals surface area contributed by atoms with Crippen LogP contribution in [0.4, 0.5) is 0 Å². The van der Waals surface area contributed by atoms with Crippen molar-refractivity contribution in [2.75, 3.05) is 0 Å². The second kappa shape index (κ2) is 14.6. The number of nitrogens with zero attached hydrogens (tertiary/aromatic N) is 2. The Balaban J connectivity index is 0.000000297. The predicted octanol–water partition coefficient (Wildman–Crippen LogP) is 10.7. The van der Waals surface area contributed by atoms with Crippen molar-refractivity contribution < 1.29 is 30.0 Å². The van der Waals surface area contributed by atoms with Gasteiger partial charge in [-0.25, -0.2) is 4.98 Å². The maximum absolute atomic E-state index is 11.8. The van der Waals surface area contributed by atoms with Gasteiger partial charge in [-0.1, -0.05) is 110 Å². The Morgan fingerprint density at radius 1 is 0.800 bits per heavy atom. The van der Waals surface area contributed by atoms with Gasteiger partial charge in [0, 0.05) is 42.4 Å². The first-order valence-electron chi connectivity index (χ1n) is 15.5. The molecule has 0 atom stereocenters. The summed E-state index contributed by atoms with van der Waals surface area (Å²) in [5, 5.41) is 13.3. The number of aryl methyl sites for hydroxylation is 3. The third-order valence-corrected chi connectivity index (χ3v) is 8.70. The average molecular weight is 778 g/mol. The van der Waals surface area contributed by atoms with Gasteiger partial charge in [-0.15, -0.1) is 34.9 Å². The molecule has 1 radical (unpaired) electrons. The fourth-order valence-electron chi connectivity index (χ4n) is 4.94. The summed E-state index contributed by atoms with van der Waals surface area (Å²) in [5.74, 6) is 0.972. The van der Waals surface area contributed by atoms with Crippen LogP contribution in [0.3, 0.4) is 0 Å². The van der Waals surface area contributed by atoms with Crippen molar-refractivity contribution in [2.45, 2.75) is 75.2 Å². The van der Waals surface area contributed by atoms with Crippen molar-refractivity contribution >= 4 is 27.5 Å². The molecule has 5 rings (SSSR count). The molecule has 5 heteroatoms. The molecule has 0 aliphatic rings. The van der Waals surface area contributed by atoms with Crippen molar-refractivity contribution in [3.05, 3.63) is 108 Å². The van der Waals surface area contributed by atoms with E-state index < -0.39 is 0 Å². The zero-order valence-electron chi connectivity index (χ0n) is 28.0. The van der Waals surface area contributed by atoms with Crippen LogP contribution in [-0.2, 0) is 24.9 Å². The number of allylic oxidation sites excluding steroid dienone is 2. The monoisotopic (exact) mass is 778 g/mol. The maximum atomic E-state index is 11.8. The number of aliphatic hydroxyl groups excluding tert-OH is 1. The Kier molecular flexibility index (Phi) is 11.6. The van der Waals surface area contributed by atoms with Crippen LogP contribution in [0.1, 0.15) is 71.3 Å². The fraction of sp³-hybridized carbons (Fsp3) is 0.325. The molecule has 1 heterocycles. The molecule has 237 valence electrons. The molecule has 0 spiro atoms. The Labute approximate surface area is 282 Å². The second-order valence-electron chi connectivity index (χ2n) is 13.0. The molecule has 0 amide bonds. The molecule has 1 aromatic heterocycles. The standard InChI is InChI=1S/C27H21N2.C13H24O2.Ir/c1-17-13-18(2)15-23(14-17)26-25-12-10-22-16-21(20-7-5-4-6-8-20)9-11-24(22)27(25)29-19(3)28-26;1-7-12(3,4)10(14)9-11(15)13(5,6)8-2;/h4-14,16H,1-3H3;9,14H,7-8H2,1-6H3;/q-1;;/b;10-9-;. The summed E-state index contributed by atoms with van der Waals surface area (Å²) in [6.45, 7) is 17.8. The topological polar surface area (TPSA) is 63.1 Å². The minimum atomic E-state index is -0.377. The number of benzene rings is 4. The summed E-state index contributed by atoms with van der Waals surface area (Å²) < 4.78 is 0. The van der Waals surface area contributed by atoms with E-state index in [1.807, 2.05) is 54.5 Å². The molecule has 0 bridgehead atoms. The number of aromatic nitrogens is 2. The van der Waals surface area contributed by atoms with E-state index in [9.17, 15) is 9.90 Å². The molecule has 1 N–H and O–H groups in total. The van der Waals surface area contributed by atoms with E-state index in [4.69, 9.17) is 9.97 Å². The molecule has 0 fully saturated rings. The summed E-state index contributed by atoms with van der Waals surface area (Å²) in [4.78, 5) is 21.4. The Bertz CT molecular complexity index is 1820. The first kappa shape index (κ1) is 35.8. The molecular formula is C40H45IrN2O2-. The van der Waals surface area contributed by atoms with Crippen molar-refractivity contribution in [3.8, 4) is 22.4 Å². The van der Waals surface area contributed by atoms with Gasteiger partial charge in [-0.05, 0) is 53.4 Å². The van der Waals surface area contributed by atoms with E-state index in [0.29, 0.717) is 0 Å². The zero-order valence-corrected chi connectivity index (χ0v) is 30.4. The minimum Gasteiger partial charge on any atom is -0.512 e. The maximum Gasteiger partial charge on any atom is 0.164 e. The first-order valence-corrected chi connectivity index (χ1v) is 15.5. The zero-order chi connectivity index (χ0) is 32.2. The number of carbonyl (C=O) groups excluding carboxylic acids is 1. The van der Waals surface area contributed by atoms with Crippen molar-refractivity contribution in [2.24, 2.45) is 10.8 Å². The molecule has 0 aliphatic heterocycles. The van der Waals surface area contributed by atoms with Crippen molar-refractivity contribution in [1.82, 2.24) is 9.97 Å². The van der Waals surface area contributed by atoms with Gasteiger partial charge in [-0.3, -0.25) is 9.78 Å². The van der Waals surface area contributed by atoms with E-state index >= 15 is 0 Å². The molecule has 4 nitrogen and oxygen atoms in total. The van der Waals surface area contributed by atoms with Gasteiger partial charge in [0.1, 0.15) is 11.6 Å². The number of aliphatic hydroxyl groups is 1. The number of ketones is 1. The van der Waals surface area contributed by atoms with Crippen LogP contribution < -0.4 is 0 Å². The molecule has 0 unspecified atom stereocenters. The van der Waals surface area contributed by atoms with Crippen molar-refractivity contribution in [1.29, 1.82) is 0 Å². The largest absolute Gasteiger partial charge is 0.512 e. The molecule has 5 aromatic rings. The normalized spacial score (nSPS) is 12.0. The molecule has 45 heavy (non-hydrogen) atoms. The molecule has 0 aliphatic carbocycles. The van der Waals surface area contributed by atoms with E-state index in [1.54, 1.807) is 0 Å². The Morgan fingerprint density at radius 2 is 1.44 bits per heavy atom. The SMILES string of the molecule is CCC(C)(C)C(=O)/C=C(\O)C(C)(C)CC.Cc1[c-]c(-c2nc(C)nc3c2ccc2cc(-c4ccccc4)ccc23)cc(C)c1.[Ir]. The van der Waals surface area contributed by atoms with E-state index in [2.05, 4.69) is 86.6 Å². The van der Waals surface area contributed by atoms with Gasteiger partial charge >= 0.3 is 0 Å². The van der Waals surface area contributed by atoms with Crippen LogP contribution in [0.5, 0.6) is 0 Å². The predicted molar refractivity (Wildman–Crippen MR) is 185 cm³/mol. The number of carbonyl (C=O) groups is 1. The van der Waals surface area contributed by atoms with Gasteiger partial charge < -0.3 is 5.11 Å². The van der Waals surface area contributed by atoms with E-state index in [-0.39, 0.29) is 42.5 Å². The third-order valence-electron chi connectivity index (χ3n) is 8.70. The van der Waals surface area contributed by atoms with Gasteiger partial charge in [0.2, 0.25) is 0 Å². The van der Waals surface area contributed by atoms with Crippen LogP contribution in [0.15, 0.2) is 84.6 Å². The van der Waals surface area contributed by atoms with E-state index in [1.165, 1.54) is 28.2 Å². The van der Waals surface area contributed by atoms with Crippen molar-refractivity contribution in [3.63, 3.8) is 0 Å². The average Bonchev–Trinajstić information content (AvgIpc) is 3.00. The summed E-state index contributed by atoms with van der Waals surface area (Å²) in [7, 11) is 0. The fourth-order valence-corrected chi connectivity index (χ4v) is 4.94. The number of fused-ring (bicyclic) bond motifs is 3. The van der Waals surface area contributed by atoms with Crippen LogP contribution in [-0.4, -0.2) is 20.9 Å². The summed E-state index contributed by atoms with van der Waals surface area (Å²) in [5.41, 5.74) is 7.07. The minimum absolute atomic E-state index is 0. The van der Waals surface area contributed by atoms with Crippen LogP contribution in [0.25, 0.3) is 44.1 Å². The Morgan fingerprint density at radius 3 is 2.07 bits per heavy atom. The second-order valence-corrected chi connectivity index (χ2v) is 13.0. The first-order chi connectivity index (χ1) is 20.8. The summed E-state index contributed by atoms with van der Waals surface area (Å²) in [6, 6.07) is 29.2. The molecule has 0 saturated carbocycles. The molecule has 4 aromatic carbocycles. The number of hydrogen-bond acceptors (Lipinski definition) is 4.